The number of benzene rings is 2. The lowest BCUT2D eigenvalue weighted by atomic mass is 10.1. The van der Waals surface area contributed by atoms with Crippen LogP contribution in [-0.2, 0) is 0 Å². The zero-order chi connectivity index (χ0) is 21.1. The number of likely N-dealkylation sites (N-methyl/N-ethyl adjacent to an activating group) is 1. The van der Waals surface area contributed by atoms with Crippen molar-refractivity contribution in [1.29, 1.82) is 0 Å². The normalized spacial score (nSPS) is 14.0. The van der Waals surface area contributed by atoms with Gasteiger partial charge >= 0.3 is 5.97 Å². The maximum absolute atomic E-state index is 12.9. The third-order valence-corrected chi connectivity index (χ3v) is 6.00. The number of thiazole rings is 1. The Morgan fingerprint density at radius 1 is 1.03 bits per heavy atom. The lowest BCUT2D eigenvalue weighted by Crippen LogP contribution is -2.44. The fraction of sp³-hybridized carbons (Fsp3) is 0.227. The Bertz CT molecular complexity index is 1080. The van der Waals surface area contributed by atoms with Gasteiger partial charge in [0.2, 0.25) is 0 Å². The summed E-state index contributed by atoms with van der Waals surface area (Å²) >= 11 is 1.25. The van der Waals surface area contributed by atoms with Crippen molar-refractivity contribution in [3.63, 3.8) is 0 Å². The average Bonchev–Trinajstić information content (AvgIpc) is 3.25. The topological polar surface area (TPSA) is 85.8 Å². The van der Waals surface area contributed by atoms with Gasteiger partial charge in [-0.3, -0.25) is 4.79 Å². The summed E-state index contributed by atoms with van der Waals surface area (Å²) in [5, 5.41) is 14.5. The highest BCUT2D eigenvalue weighted by Gasteiger charge is 2.20. The van der Waals surface area contributed by atoms with Crippen molar-refractivity contribution < 1.29 is 14.7 Å². The van der Waals surface area contributed by atoms with E-state index in [0.717, 1.165) is 37.6 Å². The fourth-order valence-electron chi connectivity index (χ4n) is 3.45. The molecule has 2 heterocycles. The molecule has 0 saturated carbocycles. The molecule has 162 valence electrons. The second-order valence-corrected chi connectivity index (χ2v) is 8.01. The molecular weight excluding hydrogens is 436 g/mol. The van der Waals surface area contributed by atoms with Crippen LogP contribution in [0.1, 0.15) is 20.8 Å². The maximum Gasteiger partial charge on any atom is 0.336 e. The summed E-state index contributed by atoms with van der Waals surface area (Å²) in [6.45, 7) is 3.74. The summed E-state index contributed by atoms with van der Waals surface area (Å²) in [7, 11) is 2.10. The van der Waals surface area contributed by atoms with Crippen LogP contribution in [0.25, 0.3) is 10.6 Å². The Labute approximate surface area is 190 Å². The molecule has 0 aliphatic carbocycles. The number of carbonyl (C=O) groups is 2. The first-order chi connectivity index (χ1) is 14.5. The van der Waals surface area contributed by atoms with Crippen molar-refractivity contribution >= 4 is 47.0 Å². The summed E-state index contributed by atoms with van der Waals surface area (Å²) in [4.78, 5) is 33.3. The van der Waals surface area contributed by atoms with Crippen molar-refractivity contribution in [2.24, 2.45) is 0 Å². The molecule has 1 amide bonds. The van der Waals surface area contributed by atoms with Crippen LogP contribution in [0.3, 0.4) is 0 Å². The molecule has 0 radical (unpaired) electrons. The van der Waals surface area contributed by atoms with E-state index < -0.39 is 5.97 Å². The van der Waals surface area contributed by atoms with Crippen LogP contribution < -0.4 is 10.2 Å². The van der Waals surface area contributed by atoms with Gasteiger partial charge in [-0.1, -0.05) is 30.3 Å². The quantitative estimate of drug-likeness (QED) is 0.602. The van der Waals surface area contributed by atoms with E-state index in [1.54, 1.807) is 23.6 Å². The number of halogens is 1. The van der Waals surface area contributed by atoms with Gasteiger partial charge in [0.1, 0.15) is 10.7 Å². The smallest absolute Gasteiger partial charge is 0.336 e. The SMILES string of the molecule is CN1CCN(c2ccccc2NC(=O)c2csc(-c3ccccc3C(=O)O)n2)CC1.Cl. The third-order valence-electron chi connectivity index (χ3n) is 5.12. The summed E-state index contributed by atoms with van der Waals surface area (Å²) < 4.78 is 0. The summed E-state index contributed by atoms with van der Waals surface area (Å²) in [6.07, 6.45) is 0. The Kier molecular flexibility index (Phi) is 7.27. The monoisotopic (exact) mass is 458 g/mol. The minimum atomic E-state index is -1.02. The molecule has 2 N–H and O–H groups in total. The average molecular weight is 459 g/mol. The third kappa shape index (κ3) is 5.04. The number of aromatic carboxylic acids is 1. The number of carboxylic acid groups (broad SMARTS) is 1. The summed E-state index contributed by atoms with van der Waals surface area (Å²) in [5.41, 5.74) is 2.67. The second kappa shape index (κ2) is 9.91. The van der Waals surface area contributed by atoms with E-state index in [1.165, 1.54) is 17.4 Å². The van der Waals surface area contributed by atoms with E-state index in [-0.39, 0.29) is 29.6 Å². The molecular formula is C22H23ClN4O3S. The highest BCUT2D eigenvalue weighted by atomic mass is 35.5. The van der Waals surface area contributed by atoms with Crippen molar-refractivity contribution in [3.05, 3.63) is 65.2 Å². The predicted molar refractivity (Wildman–Crippen MR) is 126 cm³/mol. The van der Waals surface area contributed by atoms with Gasteiger partial charge in [0.25, 0.3) is 5.91 Å². The van der Waals surface area contributed by atoms with Crippen LogP contribution >= 0.6 is 23.7 Å². The number of amides is 1. The van der Waals surface area contributed by atoms with E-state index >= 15 is 0 Å². The number of para-hydroxylation sites is 2. The van der Waals surface area contributed by atoms with Gasteiger partial charge in [-0.15, -0.1) is 23.7 Å². The molecule has 4 rings (SSSR count). The molecule has 1 aliphatic heterocycles. The van der Waals surface area contributed by atoms with Crippen LogP contribution in [0.4, 0.5) is 11.4 Å². The fourth-order valence-corrected chi connectivity index (χ4v) is 4.29. The molecule has 1 fully saturated rings. The van der Waals surface area contributed by atoms with Gasteiger partial charge in [0.05, 0.1) is 16.9 Å². The molecule has 0 unspecified atom stereocenters. The summed E-state index contributed by atoms with van der Waals surface area (Å²) in [6, 6.07) is 14.4. The number of rotatable bonds is 5. The molecule has 7 nitrogen and oxygen atoms in total. The number of carboxylic acids is 1. The van der Waals surface area contributed by atoms with Gasteiger partial charge in [0.15, 0.2) is 0 Å². The highest BCUT2D eigenvalue weighted by Crippen LogP contribution is 2.29. The molecule has 1 aromatic heterocycles. The van der Waals surface area contributed by atoms with Gasteiger partial charge in [0, 0.05) is 37.1 Å². The molecule has 2 aromatic carbocycles. The second-order valence-electron chi connectivity index (χ2n) is 7.15. The van der Waals surface area contributed by atoms with E-state index in [9.17, 15) is 14.7 Å². The number of carbonyl (C=O) groups excluding carboxylic acids is 1. The first-order valence-electron chi connectivity index (χ1n) is 9.65. The first kappa shape index (κ1) is 22.7. The van der Waals surface area contributed by atoms with E-state index in [0.29, 0.717) is 10.6 Å². The molecule has 0 bridgehead atoms. The molecule has 0 atom stereocenters. The van der Waals surface area contributed by atoms with Crippen LogP contribution in [0.5, 0.6) is 0 Å². The Morgan fingerprint density at radius 2 is 1.71 bits per heavy atom. The van der Waals surface area contributed by atoms with Crippen molar-refractivity contribution in [2.45, 2.75) is 0 Å². The molecule has 0 spiro atoms. The highest BCUT2D eigenvalue weighted by molar-refractivity contribution is 7.13. The van der Waals surface area contributed by atoms with E-state index in [2.05, 4.69) is 27.1 Å². The molecule has 3 aromatic rings. The lowest BCUT2D eigenvalue weighted by Gasteiger charge is -2.35. The molecule has 9 heteroatoms. The maximum atomic E-state index is 12.9. The number of hydrogen-bond acceptors (Lipinski definition) is 6. The van der Waals surface area contributed by atoms with E-state index in [4.69, 9.17) is 0 Å². The number of nitrogens with one attached hydrogen (secondary N) is 1. The first-order valence-corrected chi connectivity index (χ1v) is 10.5. The largest absolute Gasteiger partial charge is 0.478 e. The predicted octanol–water partition coefficient (Wildman–Crippen LogP) is 3.93. The zero-order valence-electron chi connectivity index (χ0n) is 16.9. The molecule has 1 aliphatic rings. The number of piperazine rings is 1. The Balaban J connectivity index is 0.00000272. The van der Waals surface area contributed by atoms with Gasteiger partial charge in [-0.25, -0.2) is 9.78 Å². The molecule has 1 saturated heterocycles. The number of nitrogens with zero attached hydrogens (tertiary/aromatic N) is 3. The zero-order valence-corrected chi connectivity index (χ0v) is 18.6. The number of hydrogen-bond donors (Lipinski definition) is 2. The number of aromatic nitrogens is 1. The van der Waals surface area contributed by atoms with Gasteiger partial charge in [-0.2, -0.15) is 0 Å². The van der Waals surface area contributed by atoms with Gasteiger partial charge < -0.3 is 20.2 Å². The van der Waals surface area contributed by atoms with Crippen LogP contribution in [-0.4, -0.2) is 60.1 Å². The van der Waals surface area contributed by atoms with E-state index in [1.807, 2.05) is 24.3 Å². The number of anilines is 2. The lowest BCUT2D eigenvalue weighted by molar-refractivity contribution is 0.0697. The Morgan fingerprint density at radius 3 is 2.45 bits per heavy atom. The minimum Gasteiger partial charge on any atom is -0.478 e. The standard InChI is InChI=1S/C22H22N4O3S.ClH/c1-25-10-12-26(13-11-25)19-9-5-4-8-17(19)23-20(27)18-14-30-21(24-18)15-6-2-3-7-16(15)22(28)29;/h2-9,14H,10-13H2,1H3,(H,23,27)(H,28,29);1H. The Hall–Kier alpha value is -2.94. The summed E-state index contributed by atoms with van der Waals surface area (Å²) in [5.74, 6) is -1.33. The van der Waals surface area contributed by atoms with Crippen molar-refractivity contribution in [2.75, 3.05) is 43.4 Å². The van der Waals surface area contributed by atoms with Crippen molar-refractivity contribution in [1.82, 2.24) is 9.88 Å². The van der Waals surface area contributed by atoms with Crippen LogP contribution in [0.15, 0.2) is 53.9 Å². The molecule has 31 heavy (non-hydrogen) atoms. The van der Waals surface area contributed by atoms with Crippen LogP contribution in [0.2, 0.25) is 0 Å². The van der Waals surface area contributed by atoms with Crippen molar-refractivity contribution in [3.8, 4) is 10.6 Å². The van der Waals surface area contributed by atoms with Crippen LogP contribution in [0, 0.1) is 0 Å². The van der Waals surface area contributed by atoms with Gasteiger partial charge in [-0.05, 0) is 25.2 Å². The minimum absolute atomic E-state index is 0.